The number of rotatable bonds is 6. The maximum absolute atomic E-state index is 11.6. The third-order valence-electron chi connectivity index (χ3n) is 5.93. The second-order valence-corrected chi connectivity index (χ2v) is 7.88. The highest BCUT2D eigenvalue weighted by atomic mass is 16.1. The molecule has 2 aliphatic rings. The zero-order valence-electron chi connectivity index (χ0n) is 17.4. The molecule has 0 bridgehead atoms. The summed E-state index contributed by atoms with van der Waals surface area (Å²) in [6.45, 7) is 3.86. The number of hydrogen-bond donors (Lipinski definition) is 2. The molecule has 1 aromatic rings. The van der Waals surface area contributed by atoms with Gasteiger partial charge in [0.2, 0.25) is 5.91 Å². The molecule has 0 atom stereocenters. The maximum Gasteiger partial charge on any atom is 0.220 e. The predicted molar refractivity (Wildman–Crippen MR) is 110 cm³/mol. The van der Waals surface area contributed by atoms with Gasteiger partial charge in [-0.15, -0.1) is 10.2 Å². The summed E-state index contributed by atoms with van der Waals surface area (Å²) in [6, 6.07) is 0. The summed E-state index contributed by atoms with van der Waals surface area (Å²) in [5, 5.41) is 15.0. The average molecular weight is 390 g/mol. The van der Waals surface area contributed by atoms with Gasteiger partial charge < -0.3 is 20.1 Å². The Hall–Kier alpha value is -2.12. The number of fused-ring (bicyclic) bond motifs is 1. The monoisotopic (exact) mass is 389 g/mol. The van der Waals surface area contributed by atoms with Gasteiger partial charge in [-0.2, -0.15) is 0 Å². The van der Waals surface area contributed by atoms with Crippen LogP contribution < -0.4 is 10.6 Å². The predicted octanol–water partition coefficient (Wildman–Crippen LogP) is 1.36. The van der Waals surface area contributed by atoms with Crippen LogP contribution in [0.1, 0.15) is 56.6 Å². The Morgan fingerprint density at radius 2 is 2.00 bits per heavy atom. The van der Waals surface area contributed by atoms with E-state index in [9.17, 15) is 4.79 Å². The first-order valence-electron chi connectivity index (χ1n) is 10.8. The van der Waals surface area contributed by atoms with Crippen LogP contribution in [0.3, 0.4) is 0 Å². The van der Waals surface area contributed by atoms with Crippen molar-refractivity contribution in [1.82, 2.24) is 30.3 Å². The molecule has 2 aliphatic heterocycles. The number of carbonyl (C=O) groups is 1. The quantitative estimate of drug-likeness (QED) is 0.436. The van der Waals surface area contributed by atoms with Crippen molar-refractivity contribution in [2.75, 3.05) is 33.7 Å². The van der Waals surface area contributed by atoms with Crippen molar-refractivity contribution in [2.45, 2.75) is 64.3 Å². The van der Waals surface area contributed by atoms with Gasteiger partial charge in [0.05, 0.1) is 0 Å². The molecule has 0 aliphatic carbocycles. The van der Waals surface area contributed by atoms with Gasteiger partial charge in [-0.05, 0) is 38.0 Å². The number of hydrogen-bond acceptors (Lipinski definition) is 4. The number of carbonyl (C=O) groups excluding carboxylic acids is 1. The van der Waals surface area contributed by atoms with E-state index in [-0.39, 0.29) is 5.91 Å². The van der Waals surface area contributed by atoms with Crippen molar-refractivity contribution in [3.05, 3.63) is 11.6 Å². The van der Waals surface area contributed by atoms with Crippen LogP contribution in [-0.4, -0.2) is 65.3 Å². The number of nitrogens with zero attached hydrogens (tertiary/aromatic N) is 5. The SMILES string of the molecule is CN=C(NCCCc1nnc2n1CCCCC2)N1CCC(CC(=O)NC)CC1. The smallest absolute Gasteiger partial charge is 0.220 e. The van der Waals surface area contributed by atoms with Crippen molar-refractivity contribution in [2.24, 2.45) is 10.9 Å². The lowest BCUT2D eigenvalue weighted by atomic mass is 9.93. The maximum atomic E-state index is 11.6. The minimum atomic E-state index is 0.146. The highest BCUT2D eigenvalue weighted by Gasteiger charge is 2.23. The first-order valence-corrected chi connectivity index (χ1v) is 10.8. The van der Waals surface area contributed by atoms with Gasteiger partial charge in [0.15, 0.2) is 5.96 Å². The fourth-order valence-corrected chi connectivity index (χ4v) is 4.22. The third kappa shape index (κ3) is 5.45. The van der Waals surface area contributed by atoms with Gasteiger partial charge in [0.1, 0.15) is 11.6 Å². The summed E-state index contributed by atoms with van der Waals surface area (Å²) in [4.78, 5) is 18.3. The molecule has 0 radical (unpaired) electrons. The molecule has 1 fully saturated rings. The van der Waals surface area contributed by atoms with Crippen LogP contribution in [0.2, 0.25) is 0 Å². The first-order chi connectivity index (χ1) is 13.7. The van der Waals surface area contributed by atoms with Gasteiger partial charge in [-0.25, -0.2) is 0 Å². The summed E-state index contributed by atoms with van der Waals surface area (Å²) in [6.07, 6.45) is 9.51. The topological polar surface area (TPSA) is 87.4 Å². The molecule has 1 saturated heterocycles. The van der Waals surface area contributed by atoms with E-state index in [1.807, 2.05) is 7.05 Å². The molecule has 0 spiro atoms. The van der Waals surface area contributed by atoms with Crippen molar-refractivity contribution >= 4 is 11.9 Å². The van der Waals surface area contributed by atoms with Gasteiger partial charge in [0.25, 0.3) is 0 Å². The highest BCUT2D eigenvalue weighted by Crippen LogP contribution is 2.20. The fraction of sp³-hybridized carbons (Fsp3) is 0.800. The molecule has 0 saturated carbocycles. The van der Waals surface area contributed by atoms with E-state index in [2.05, 4.69) is 35.3 Å². The van der Waals surface area contributed by atoms with Crippen molar-refractivity contribution < 1.29 is 4.79 Å². The lowest BCUT2D eigenvalue weighted by Gasteiger charge is -2.34. The Kier molecular flexibility index (Phi) is 7.68. The number of aliphatic imine (C=N–C) groups is 1. The number of guanidine groups is 1. The van der Waals surface area contributed by atoms with Gasteiger partial charge in [-0.3, -0.25) is 9.79 Å². The van der Waals surface area contributed by atoms with E-state index >= 15 is 0 Å². The second kappa shape index (κ2) is 10.4. The average Bonchev–Trinajstić information content (AvgIpc) is 2.95. The molecule has 2 N–H and O–H groups in total. The van der Waals surface area contributed by atoms with E-state index in [0.717, 1.165) is 75.9 Å². The molecule has 156 valence electrons. The molecule has 0 unspecified atom stereocenters. The summed E-state index contributed by atoms with van der Waals surface area (Å²) >= 11 is 0. The van der Waals surface area contributed by atoms with E-state index in [1.165, 1.54) is 19.3 Å². The highest BCUT2D eigenvalue weighted by molar-refractivity contribution is 5.80. The van der Waals surface area contributed by atoms with Crippen LogP contribution >= 0.6 is 0 Å². The standard InChI is InChI=1S/C20H35N7O/c1-21-19(28)15-16-9-13-26(14-10-16)20(22-2)23-11-6-8-18-25-24-17-7-4-3-5-12-27(17)18/h16H,3-15H2,1-2H3,(H,21,28)(H,22,23). The van der Waals surface area contributed by atoms with Crippen molar-refractivity contribution in [1.29, 1.82) is 0 Å². The van der Waals surface area contributed by atoms with E-state index in [1.54, 1.807) is 7.05 Å². The fourth-order valence-electron chi connectivity index (χ4n) is 4.22. The number of likely N-dealkylation sites (tertiary alicyclic amines) is 1. The van der Waals surface area contributed by atoms with Crippen LogP contribution in [0.4, 0.5) is 0 Å². The molecule has 28 heavy (non-hydrogen) atoms. The molecule has 8 nitrogen and oxygen atoms in total. The summed E-state index contributed by atoms with van der Waals surface area (Å²) < 4.78 is 2.33. The van der Waals surface area contributed by atoms with E-state index in [4.69, 9.17) is 0 Å². The van der Waals surface area contributed by atoms with Crippen LogP contribution in [0, 0.1) is 5.92 Å². The normalized spacial score (nSPS) is 18.5. The summed E-state index contributed by atoms with van der Waals surface area (Å²) in [5.74, 6) is 3.89. The van der Waals surface area contributed by atoms with Gasteiger partial charge in [-0.1, -0.05) is 6.42 Å². The van der Waals surface area contributed by atoms with Crippen LogP contribution in [-0.2, 0) is 24.2 Å². The van der Waals surface area contributed by atoms with E-state index in [0.29, 0.717) is 12.3 Å². The van der Waals surface area contributed by atoms with Crippen LogP contribution in [0.5, 0.6) is 0 Å². The Morgan fingerprint density at radius 3 is 2.75 bits per heavy atom. The largest absolute Gasteiger partial charge is 0.359 e. The molecular formula is C20H35N7O. The molecule has 3 rings (SSSR count). The molecule has 8 heteroatoms. The summed E-state index contributed by atoms with van der Waals surface area (Å²) in [5.41, 5.74) is 0. The zero-order valence-corrected chi connectivity index (χ0v) is 17.4. The molecular weight excluding hydrogens is 354 g/mol. The third-order valence-corrected chi connectivity index (χ3v) is 5.93. The molecule has 0 aromatic carbocycles. The van der Waals surface area contributed by atoms with Gasteiger partial charge in [0, 0.05) is 59.5 Å². The van der Waals surface area contributed by atoms with Crippen molar-refractivity contribution in [3.63, 3.8) is 0 Å². The number of nitrogens with one attached hydrogen (secondary N) is 2. The minimum Gasteiger partial charge on any atom is -0.359 e. The van der Waals surface area contributed by atoms with E-state index < -0.39 is 0 Å². The van der Waals surface area contributed by atoms with Gasteiger partial charge >= 0.3 is 0 Å². The molecule has 1 amide bonds. The Balaban J connectivity index is 1.39. The first kappa shape index (κ1) is 20.6. The minimum absolute atomic E-state index is 0.146. The lowest BCUT2D eigenvalue weighted by molar-refractivity contribution is -0.121. The lowest BCUT2D eigenvalue weighted by Crippen LogP contribution is -2.46. The Morgan fingerprint density at radius 1 is 1.18 bits per heavy atom. The Bertz CT molecular complexity index is 662. The number of aromatic nitrogens is 3. The van der Waals surface area contributed by atoms with Crippen LogP contribution in [0.15, 0.2) is 4.99 Å². The Labute approximate surface area is 168 Å². The number of piperidine rings is 1. The van der Waals surface area contributed by atoms with Crippen LogP contribution in [0.25, 0.3) is 0 Å². The number of aryl methyl sites for hydroxylation is 2. The molecule has 1 aromatic heterocycles. The number of amides is 1. The summed E-state index contributed by atoms with van der Waals surface area (Å²) in [7, 11) is 3.55. The zero-order chi connectivity index (χ0) is 19.8. The van der Waals surface area contributed by atoms with Crippen molar-refractivity contribution in [3.8, 4) is 0 Å². The molecule has 3 heterocycles. The second-order valence-electron chi connectivity index (χ2n) is 7.88.